The van der Waals surface area contributed by atoms with Gasteiger partial charge in [-0.2, -0.15) is 0 Å². The van der Waals surface area contributed by atoms with Crippen molar-refractivity contribution in [1.82, 2.24) is 4.98 Å². The Morgan fingerprint density at radius 3 is 2.46 bits per heavy atom. The number of benzene rings is 2. The molecular formula is C26H33N2+. The summed E-state index contributed by atoms with van der Waals surface area (Å²) < 4.78 is 2.25. The highest BCUT2D eigenvalue weighted by Gasteiger charge is 2.32. The predicted octanol–water partition coefficient (Wildman–Crippen LogP) is 6.25. The van der Waals surface area contributed by atoms with Gasteiger partial charge < -0.3 is 0 Å². The molecule has 28 heavy (non-hydrogen) atoms. The third kappa shape index (κ3) is 3.23. The summed E-state index contributed by atoms with van der Waals surface area (Å²) in [7, 11) is 2.14. The van der Waals surface area contributed by atoms with Crippen LogP contribution in [0, 0.1) is 33.1 Å². The molecule has 0 saturated heterocycles. The van der Waals surface area contributed by atoms with Crippen molar-refractivity contribution in [2.24, 2.45) is 12.5 Å². The van der Waals surface area contributed by atoms with Crippen molar-refractivity contribution in [2.75, 3.05) is 0 Å². The Kier molecular flexibility index (Phi) is 4.56. The molecule has 1 aliphatic rings. The van der Waals surface area contributed by atoms with Gasteiger partial charge in [-0.1, -0.05) is 31.5 Å². The summed E-state index contributed by atoms with van der Waals surface area (Å²) in [5.41, 5.74) is 9.68. The topological polar surface area (TPSA) is 16.8 Å². The fourth-order valence-corrected chi connectivity index (χ4v) is 5.02. The molecule has 0 radical (unpaired) electrons. The van der Waals surface area contributed by atoms with Crippen molar-refractivity contribution < 1.29 is 4.57 Å². The molecule has 4 rings (SSSR count). The Labute approximate surface area is 169 Å². The van der Waals surface area contributed by atoms with Crippen molar-refractivity contribution in [3.8, 4) is 11.3 Å². The number of rotatable bonds is 2. The van der Waals surface area contributed by atoms with Gasteiger partial charge in [-0.3, -0.25) is 0 Å². The number of hydrogen-bond acceptors (Lipinski definition) is 1. The van der Waals surface area contributed by atoms with E-state index in [1.807, 2.05) is 0 Å². The van der Waals surface area contributed by atoms with Gasteiger partial charge in [-0.25, -0.2) is 4.57 Å². The first-order valence-corrected chi connectivity index (χ1v) is 10.5. The summed E-state index contributed by atoms with van der Waals surface area (Å²) in [6, 6.07) is 11.6. The van der Waals surface area contributed by atoms with Gasteiger partial charge in [0.15, 0.2) is 5.52 Å². The van der Waals surface area contributed by atoms with Gasteiger partial charge in [0.05, 0.1) is 12.4 Å². The molecule has 2 nitrogen and oxygen atoms in total. The van der Waals surface area contributed by atoms with Crippen LogP contribution in [0.5, 0.6) is 0 Å². The van der Waals surface area contributed by atoms with Gasteiger partial charge in [-0.05, 0) is 91.2 Å². The highest BCUT2D eigenvalue weighted by atomic mass is 15.0. The van der Waals surface area contributed by atoms with Gasteiger partial charge in [0, 0.05) is 12.5 Å². The number of aryl methyl sites for hydroxylation is 3. The van der Waals surface area contributed by atoms with Crippen LogP contribution >= 0.6 is 0 Å². The lowest BCUT2D eigenvalue weighted by molar-refractivity contribution is -0.668. The lowest BCUT2D eigenvalue weighted by Crippen LogP contribution is -2.36. The SMILES string of the molecule is Cc1cc(C)c(C)c(-c2c3ccc(C4CCC(C)(C)C4)cc3nc(C)[n+]2C)c1. The Bertz CT molecular complexity index is 1080. The van der Waals surface area contributed by atoms with Crippen LogP contribution < -0.4 is 4.57 Å². The first kappa shape index (κ1) is 19.1. The number of fused-ring (bicyclic) bond motifs is 1. The number of nitrogens with zero attached hydrogens (tertiary/aromatic N) is 2. The second kappa shape index (κ2) is 6.69. The van der Waals surface area contributed by atoms with E-state index in [1.54, 1.807) is 0 Å². The van der Waals surface area contributed by atoms with E-state index in [0.717, 1.165) is 11.3 Å². The van der Waals surface area contributed by atoms with Crippen LogP contribution in [0.3, 0.4) is 0 Å². The molecule has 1 fully saturated rings. The molecule has 0 bridgehead atoms. The van der Waals surface area contributed by atoms with E-state index in [9.17, 15) is 0 Å². The van der Waals surface area contributed by atoms with Crippen molar-refractivity contribution in [1.29, 1.82) is 0 Å². The molecule has 0 aliphatic heterocycles. The molecule has 2 heteroatoms. The van der Waals surface area contributed by atoms with Crippen LogP contribution in [0.25, 0.3) is 22.2 Å². The lowest BCUT2D eigenvalue weighted by atomic mass is 9.88. The fourth-order valence-electron chi connectivity index (χ4n) is 5.02. The minimum Gasteiger partial charge on any atom is -0.230 e. The van der Waals surface area contributed by atoms with Crippen molar-refractivity contribution in [3.05, 3.63) is 58.4 Å². The minimum atomic E-state index is 0.466. The Morgan fingerprint density at radius 1 is 1.04 bits per heavy atom. The van der Waals surface area contributed by atoms with Gasteiger partial charge in [0.25, 0.3) is 5.82 Å². The summed E-state index contributed by atoms with van der Waals surface area (Å²) in [6.45, 7) is 13.6. The van der Waals surface area contributed by atoms with Crippen molar-refractivity contribution >= 4 is 10.9 Å². The van der Waals surface area contributed by atoms with E-state index in [4.69, 9.17) is 4.98 Å². The standard InChI is InChI=1S/C26H33N2/c1-16-12-17(2)18(3)23(13-16)25-22-9-8-20(21-10-11-26(5,6)15-21)14-24(22)27-19(4)28(25)7/h8-9,12-14,21H,10-11,15H2,1-7H3/q+1. The molecule has 0 amide bonds. The van der Waals surface area contributed by atoms with Crippen LogP contribution in [0.4, 0.5) is 0 Å². The predicted molar refractivity (Wildman–Crippen MR) is 118 cm³/mol. The maximum absolute atomic E-state index is 4.97. The molecule has 1 aliphatic carbocycles. The number of hydrogen-bond donors (Lipinski definition) is 0. The molecule has 1 atom stereocenters. The zero-order valence-electron chi connectivity index (χ0n) is 18.5. The zero-order chi connectivity index (χ0) is 20.2. The van der Waals surface area contributed by atoms with Gasteiger partial charge in [0.2, 0.25) is 0 Å². The first-order valence-electron chi connectivity index (χ1n) is 10.5. The van der Waals surface area contributed by atoms with E-state index < -0.39 is 0 Å². The normalized spacial score (nSPS) is 18.8. The van der Waals surface area contributed by atoms with Crippen LogP contribution in [0.1, 0.15) is 67.1 Å². The maximum Gasteiger partial charge on any atom is 0.296 e. The summed E-state index contributed by atoms with van der Waals surface area (Å²) >= 11 is 0. The van der Waals surface area contributed by atoms with E-state index in [-0.39, 0.29) is 0 Å². The summed E-state index contributed by atoms with van der Waals surface area (Å²) in [5.74, 6) is 1.73. The van der Waals surface area contributed by atoms with E-state index in [2.05, 4.69) is 83.5 Å². The van der Waals surface area contributed by atoms with Gasteiger partial charge >= 0.3 is 0 Å². The molecule has 0 spiro atoms. The van der Waals surface area contributed by atoms with Crippen LogP contribution in [0.2, 0.25) is 0 Å². The second-order valence-corrected chi connectivity index (χ2v) is 9.70. The smallest absolute Gasteiger partial charge is 0.230 e. The fraction of sp³-hybridized carbons (Fsp3) is 0.462. The Morgan fingerprint density at radius 2 is 1.79 bits per heavy atom. The highest BCUT2D eigenvalue weighted by Crippen LogP contribution is 2.46. The average Bonchev–Trinajstić information content (AvgIpc) is 2.99. The third-order valence-electron chi connectivity index (χ3n) is 6.89. The molecule has 146 valence electrons. The lowest BCUT2D eigenvalue weighted by Gasteiger charge is -2.18. The molecule has 1 aromatic heterocycles. The summed E-state index contributed by atoms with van der Waals surface area (Å²) in [5, 5.41) is 1.25. The number of aromatic nitrogens is 2. The molecular weight excluding hydrogens is 340 g/mol. The van der Waals surface area contributed by atoms with Crippen LogP contribution in [-0.2, 0) is 7.05 Å². The third-order valence-corrected chi connectivity index (χ3v) is 6.89. The molecule has 1 unspecified atom stereocenters. The quantitative estimate of drug-likeness (QED) is 0.485. The monoisotopic (exact) mass is 373 g/mol. The van der Waals surface area contributed by atoms with Crippen LogP contribution in [-0.4, -0.2) is 4.98 Å². The van der Waals surface area contributed by atoms with Crippen molar-refractivity contribution in [2.45, 2.75) is 66.7 Å². The van der Waals surface area contributed by atoms with Gasteiger partial charge in [0.1, 0.15) is 5.69 Å². The van der Waals surface area contributed by atoms with E-state index in [1.165, 1.54) is 58.2 Å². The maximum atomic E-state index is 4.97. The van der Waals surface area contributed by atoms with E-state index >= 15 is 0 Å². The summed E-state index contributed by atoms with van der Waals surface area (Å²) in [4.78, 5) is 4.97. The Hall–Kier alpha value is -2.22. The molecule has 3 aromatic rings. The minimum absolute atomic E-state index is 0.466. The molecule has 2 aromatic carbocycles. The molecule has 0 N–H and O–H groups in total. The van der Waals surface area contributed by atoms with Crippen LogP contribution in [0.15, 0.2) is 30.3 Å². The second-order valence-electron chi connectivity index (χ2n) is 9.70. The van der Waals surface area contributed by atoms with Gasteiger partial charge in [-0.15, -0.1) is 0 Å². The average molecular weight is 374 g/mol. The van der Waals surface area contributed by atoms with E-state index in [0.29, 0.717) is 11.3 Å². The zero-order valence-corrected chi connectivity index (χ0v) is 18.5. The highest BCUT2D eigenvalue weighted by molar-refractivity contribution is 5.92. The molecule has 1 heterocycles. The van der Waals surface area contributed by atoms with Crippen molar-refractivity contribution in [3.63, 3.8) is 0 Å². The summed E-state index contributed by atoms with van der Waals surface area (Å²) in [6.07, 6.45) is 3.89. The largest absolute Gasteiger partial charge is 0.296 e. The first-order chi connectivity index (χ1) is 13.2. The molecule has 1 saturated carbocycles. The Balaban J connectivity index is 1.92.